The summed E-state index contributed by atoms with van der Waals surface area (Å²) in [7, 11) is 1.96. The van der Waals surface area contributed by atoms with Gasteiger partial charge in [0.15, 0.2) is 0 Å². The Morgan fingerprint density at radius 3 is 3.00 bits per heavy atom. The molecular formula is C18H19ClN4. The van der Waals surface area contributed by atoms with E-state index in [0.717, 1.165) is 36.1 Å². The monoisotopic (exact) mass is 326 g/mol. The van der Waals surface area contributed by atoms with Gasteiger partial charge >= 0.3 is 0 Å². The predicted octanol–water partition coefficient (Wildman–Crippen LogP) is 3.69. The molecule has 1 unspecified atom stereocenters. The number of benzene rings is 1. The summed E-state index contributed by atoms with van der Waals surface area (Å²) >= 11 is 6.36. The van der Waals surface area contributed by atoms with E-state index >= 15 is 0 Å². The number of aryl methyl sites for hydroxylation is 1. The molecule has 0 saturated carbocycles. The SMILES string of the molecule is Cn1cc(CC2CCN(c3cc4ccccc4c(Cl)n3)C2)cn1. The van der Waals surface area contributed by atoms with Crippen LogP contribution in [0.3, 0.4) is 0 Å². The lowest BCUT2D eigenvalue weighted by Crippen LogP contribution is -2.21. The summed E-state index contributed by atoms with van der Waals surface area (Å²) in [6, 6.07) is 10.3. The molecule has 118 valence electrons. The van der Waals surface area contributed by atoms with Crippen LogP contribution in [0, 0.1) is 5.92 Å². The minimum Gasteiger partial charge on any atom is -0.356 e. The third kappa shape index (κ3) is 2.91. The molecule has 1 aliphatic heterocycles. The summed E-state index contributed by atoms with van der Waals surface area (Å²) in [5.41, 5.74) is 1.31. The highest BCUT2D eigenvalue weighted by molar-refractivity contribution is 6.34. The van der Waals surface area contributed by atoms with Crippen molar-refractivity contribution >= 4 is 28.2 Å². The number of pyridine rings is 1. The van der Waals surface area contributed by atoms with Crippen molar-refractivity contribution in [3.63, 3.8) is 0 Å². The Bertz CT molecular complexity index is 842. The molecule has 1 saturated heterocycles. The first-order chi connectivity index (χ1) is 11.2. The summed E-state index contributed by atoms with van der Waals surface area (Å²) in [5.74, 6) is 1.63. The molecule has 1 aromatic carbocycles. The average Bonchev–Trinajstić information content (AvgIpc) is 3.17. The summed E-state index contributed by atoms with van der Waals surface area (Å²) in [4.78, 5) is 6.95. The summed E-state index contributed by atoms with van der Waals surface area (Å²) in [5, 5.41) is 7.02. The van der Waals surface area contributed by atoms with Gasteiger partial charge in [0.25, 0.3) is 0 Å². The zero-order valence-corrected chi connectivity index (χ0v) is 13.9. The minimum absolute atomic E-state index is 0.591. The fourth-order valence-corrected chi connectivity index (χ4v) is 3.68. The summed E-state index contributed by atoms with van der Waals surface area (Å²) in [6.07, 6.45) is 6.33. The van der Waals surface area contributed by atoms with Crippen molar-refractivity contribution in [3.05, 3.63) is 53.4 Å². The zero-order chi connectivity index (χ0) is 15.8. The van der Waals surface area contributed by atoms with Gasteiger partial charge in [-0.1, -0.05) is 35.9 Å². The second-order valence-corrected chi connectivity index (χ2v) is 6.68. The molecule has 1 atom stereocenters. The van der Waals surface area contributed by atoms with E-state index < -0.39 is 0 Å². The van der Waals surface area contributed by atoms with Gasteiger partial charge in [-0.3, -0.25) is 4.68 Å². The molecule has 4 rings (SSSR count). The Kier molecular flexibility index (Phi) is 3.69. The first kappa shape index (κ1) is 14.5. The second-order valence-electron chi connectivity index (χ2n) is 6.32. The molecule has 0 spiro atoms. The molecule has 1 fully saturated rings. The van der Waals surface area contributed by atoms with E-state index in [1.807, 2.05) is 36.1 Å². The molecule has 0 bridgehead atoms. The van der Waals surface area contributed by atoms with E-state index in [1.54, 1.807) is 0 Å². The highest BCUT2D eigenvalue weighted by Gasteiger charge is 2.24. The van der Waals surface area contributed by atoms with Crippen LogP contribution in [0.15, 0.2) is 42.7 Å². The molecule has 23 heavy (non-hydrogen) atoms. The molecule has 0 aliphatic carbocycles. The van der Waals surface area contributed by atoms with Crippen molar-refractivity contribution in [1.82, 2.24) is 14.8 Å². The molecule has 0 amide bonds. The first-order valence-electron chi connectivity index (χ1n) is 7.97. The van der Waals surface area contributed by atoms with Gasteiger partial charge in [-0.15, -0.1) is 0 Å². The summed E-state index contributed by atoms with van der Waals surface area (Å²) in [6.45, 7) is 2.06. The van der Waals surface area contributed by atoms with Crippen molar-refractivity contribution in [3.8, 4) is 0 Å². The second kappa shape index (κ2) is 5.85. The van der Waals surface area contributed by atoms with Gasteiger partial charge in [0, 0.05) is 31.7 Å². The quantitative estimate of drug-likeness (QED) is 0.688. The Labute approximate surface area is 140 Å². The van der Waals surface area contributed by atoms with Crippen LogP contribution in [0.25, 0.3) is 10.8 Å². The Balaban J connectivity index is 1.53. The number of fused-ring (bicyclic) bond motifs is 1. The lowest BCUT2D eigenvalue weighted by molar-refractivity contribution is 0.586. The smallest absolute Gasteiger partial charge is 0.139 e. The Hall–Kier alpha value is -2.07. The predicted molar refractivity (Wildman–Crippen MR) is 94.0 cm³/mol. The van der Waals surface area contributed by atoms with E-state index in [1.165, 1.54) is 12.0 Å². The van der Waals surface area contributed by atoms with Crippen LogP contribution in [0.1, 0.15) is 12.0 Å². The van der Waals surface area contributed by atoms with Crippen molar-refractivity contribution in [2.75, 3.05) is 18.0 Å². The average molecular weight is 327 g/mol. The number of hydrogen-bond donors (Lipinski definition) is 0. The summed E-state index contributed by atoms with van der Waals surface area (Å²) < 4.78 is 1.87. The number of hydrogen-bond acceptors (Lipinski definition) is 3. The fourth-order valence-electron chi connectivity index (χ4n) is 3.42. The Morgan fingerprint density at radius 2 is 2.17 bits per heavy atom. The zero-order valence-electron chi connectivity index (χ0n) is 13.1. The lowest BCUT2D eigenvalue weighted by Gasteiger charge is -2.18. The van der Waals surface area contributed by atoms with Crippen LogP contribution in [0.4, 0.5) is 5.82 Å². The van der Waals surface area contributed by atoms with Gasteiger partial charge in [0.1, 0.15) is 11.0 Å². The topological polar surface area (TPSA) is 34.0 Å². The van der Waals surface area contributed by atoms with E-state index in [9.17, 15) is 0 Å². The van der Waals surface area contributed by atoms with Crippen LogP contribution in [0.5, 0.6) is 0 Å². The van der Waals surface area contributed by atoms with Gasteiger partial charge in [-0.05, 0) is 35.8 Å². The van der Waals surface area contributed by atoms with Crippen LogP contribution >= 0.6 is 11.6 Å². The number of halogens is 1. The van der Waals surface area contributed by atoms with Crippen molar-refractivity contribution in [2.24, 2.45) is 13.0 Å². The van der Waals surface area contributed by atoms with E-state index in [4.69, 9.17) is 11.6 Å². The minimum atomic E-state index is 0.591. The van der Waals surface area contributed by atoms with Crippen molar-refractivity contribution in [2.45, 2.75) is 12.8 Å². The van der Waals surface area contributed by atoms with Crippen molar-refractivity contribution < 1.29 is 0 Å². The molecular weight excluding hydrogens is 308 g/mol. The normalized spacial score (nSPS) is 18.0. The molecule has 0 radical (unpaired) electrons. The highest BCUT2D eigenvalue weighted by Crippen LogP contribution is 2.30. The maximum atomic E-state index is 6.36. The fraction of sp³-hybridized carbons (Fsp3) is 0.333. The molecule has 3 heterocycles. The van der Waals surface area contributed by atoms with Gasteiger partial charge in [-0.25, -0.2) is 4.98 Å². The molecule has 4 nitrogen and oxygen atoms in total. The molecule has 1 aliphatic rings. The molecule has 2 aromatic heterocycles. The molecule has 0 N–H and O–H groups in total. The third-order valence-corrected chi connectivity index (χ3v) is 4.86. The molecule has 3 aromatic rings. The van der Waals surface area contributed by atoms with Crippen LogP contribution < -0.4 is 4.90 Å². The maximum Gasteiger partial charge on any atom is 0.139 e. The number of rotatable bonds is 3. The molecule has 5 heteroatoms. The highest BCUT2D eigenvalue weighted by atomic mass is 35.5. The standard InChI is InChI=1S/C18H19ClN4/c1-22-11-14(10-20-22)8-13-6-7-23(12-13)17-9-15-4-2-3-5-16(15)18(19)21-17/h2-5,9-11,13H,6-8,12H2,1H3. The Morgan fingerprint density at radius 1 is 1.30 bits per heavy atom. The van der Waals surface area contributed by atoms with Gasteiger partial charge in [0.2, 0.25) is 0 Å². The first-order valence-corrected chi connectivity index (χ1v) is 8.34. The van der Waals surface area contributed by atoms with Gasteiger partial charge < -0.3 is 4.90 Å². The maximum absolute atomic E-state index is 6.36. The third-order valence-electron chi connectivity index (χ3n) is 4.57. The van der Waals surface area contributed by atoms with Gasteiger partial charge in [0.05, 0.1) is 6.20 Å². The lowest BCUT2D eigenvalue weighted by atomic mass is 10.0. The van der Waals surface area contributed by atoms with Gasteiger partial charge in [-0.2, -0.15) is 5.10 Å². The van der Waals surface area contributed by atoms with Crippen LogP contribution in [0.2, 0.25) is 5.15 Å². The number of nitrogens with zero attached hydrogens (tertiary/aromatic N) is 4. The van der Waals surface area contributed by atoms with E-state index in [0.29, 0.717) is 11.1 Å². The largest absolute Gasteiger partial charge is 0.356 e. The van der Waals surface area contributed by atoms with Crippen LogP contribution in [-0.2, 0) is 13.5 Å². The van der Waals surface area contributed by atoms with E-state index in [-0.39, 0.29) is 0 Å². The van der Waals surface area contributed by atoms with Crippen molar-refractivity contribution in [1.29, 1.82) is 0 Å². The number of anilines is 1. The van der Waals surface area contributed by atoms with E-state index in [2.05, 4.69) is 33.3 Å². The number of aromatic nitrogens is 3. The van der Waals surface area contributed by atoms with Crippen LogP contribution in [-0.4, -0.2) is 27.9 Å².